The molecule has 0 radical (unpaired) electrons. The summed E-state index contributed by atoms with van der Waals surface area (Å²) in [6.07, 6.45) is 6.24. The molecule has 0 amide bonds. The Hall–Kier alpha value is -1.70. The van der Waals surface area contributed by atoms with Crippen molar-refractivity contribution in [2.24, 2.45) is 0 Å². The standard InChI is InChI=1S/C12H12N2.C2H6/c1-2-10-3-5-11(6-4-10)12-9-13-7-8-14-12;1-2/h3-9H,2H2,1H3;1-2H3. The Morgan fingerprint density at radius 3 is 2.19 bits per heavy atom. The molecule has 0 aliphatic rings. The molecule has 0 unspecified atom stereocenters. The Kier molecular flexibility index (Phi) is 5.20. The summed E-state index contributed by atoms with van der Waals surface area (Å²) < 4.78 is 0. The summed E-state index contributed by atoms with van der Waals surface area (Å²) in [5.74, 6) is 0. The van der Waals surface area contributed by atoms with Gasteiger partial charge in [0.05, 0.1) is 11.9 Å². The fourth-order valence-electron chi connectivity index (χ4n) is 1.36. The quantitative estimate of drug-likeness (QED) is 0.761. The molecule has 1 aromatic heterocycles. The lowest BCUT2D eigenvalue weighted by molar-refractivity contribution is 1.14. The highest BCUT2D eigenvalue weighted by atomic mass is 14.8. The predicted molar refractivity (Wildman–Crippen MR) is 68.2 cm³/mol. The Labute approximate surface area is 97.4 Å². The molecule has 2 rings (SSSR count). The molecule has 2 nitrogen and oxygen atoms in total. The topological polar surface area (TPSA) is 25.8 Å². The van der Waals surface area contributed by atoms with Crippen LogP contribution in [0.2, 0.25) is 0 Å². The molecule has 2 aromatic rings. The van der Waals surface area contributed by atoms with Crippen molar-refractivity contribution in [3.8, 4) is 11.3 Å². The third-order valence-electron chi connectivity index (χ3n) is 2.22. The van der Waals surface area contributed by atoms with Crippen molar-refractivity contribution < 1.29 is 0 Å². The number of rotatable bonds is 2. The zero-order chi connectivity index (χ0) is 11.8. The van der Waals surface area contributed by atoms with Crippen molar-refractivity contribution in [1.82, 2.24) is 9.97 Å². The van der Waals surface area contributed by atoms with E-state index in [0.29, 0.717) is 0 Å². The lowest BCUT2D eigenvalue weighted by Gasteiger charge is -2.00. The van der Waals surface area contributed by atoms with Crippen LogP contribution in [0.1, 0.15) is 26.3 Å². The SMILES string of the molecule is CC.CCc1ccc(-c2cnccn2)cc1. The van der Waals surface area contributed by atoms with Gasteiger partial charge < -0.3 is 0 Å². The van der Waals surface area contributed by atoms with Gasteiger partial charge in [0, 0.05) is 18.0 Å². The van der Waals surface area contributed by atoms with Crippen LogP contribution in [-0.2, 0) is 6.42 Å². The van der Waals surface area contributed by atoms with Gasteiger partial charge in [-0.25, -0.2) is 0 Å². The second-order valence-electron chi connectivity index (χ2n) is 3.14. The van der Waals surface area contributed by atoms with Crippen LogP contribution in [0.4, 0.5) is 0 Å². The molecule has 2 heteroatoms. The van der Waals surface area contributed by atoms with E-state index in [9.17, 15) is 0 Å². The highest BCUT2D eigenvalue weighted by Crippen LogP contribution is 2.15. The Morgan fingerprint density at radius 1 is 1.00 bits per heavy atom. The zero-order valence-electron chi connectivity index (χ0n) is 10.1. The lowest BCUT2D eigenvalue weighted by atomic mass is 10.1. The summed E-state index contributed by atoms with van der Waals surface area (Å²) >= 11 is 0. The normalized spacial score (nSPS) is 9.19. The van der Waals surface area contributed by atoms with Gasteiger partial charge in [-0.15, -0.1) is 0 Å². The van der Waals surface area contributed by atoms with Gasteiger partial charge in [0.15, 0.2) is 0 Å². The monoisotopic (exact) mass is 214 g/mol. The van der Waals surface area contributed by atoms with Crippen LogP contribution >= 0.6 is 0 Å². The van der Waals surface area contributed by atoms with Gasteiger partial charge in [-0.2, -0.15) is 0 Å². The fourth-order valence-corrected chi connectivity index (χ4v) is 1.36. The van der Waals surface area contributed by atoms with Gasteiger partial charge in [0.1, 0.15) is 0 Å². The summed E-state index contributed by atoms with van der Waals surface area (Å²) in [4.78, 5) is 8.28. The largest absolute Gasteiger partial charge is 0.261 e. The van der Waals surface area contributed by atoms with Crippen LogP contribution in [0, 0.1) is 0 Å². The highest BCUT2D eigenvalue weighted by molar-refractivity contribution is 5.57. The maximum Gasteiger partial charge on any atom is 0.0885 e. The van der Waals surface area contributed by atoms with Crippen LogP contribution in [0.3, 0.4) is 0 Å². The number of nitrogens with zero attached hydrogens (tertiary/aromatic N) is 2. The summed E-state index contributed by atoms with van der Waals surface area (Å²) in [5, 5.41) is 0. The van der Waals surface area contributed by atoms with Crippen molar-refractivity contribution in [2.45, 2.75) is 27.2 Å². The number of aromatic nitrogens is 2. The zero-order valence-corrected chi connectivity index (χ0v) is 10.1. The van der Waals surface area contributed by atoms with Gasteiger partial charge in [-0.1, -0.05) is 45.0 Å². The van der Waals surface area contributed by atoms with E-state index >= 15 is 0 Å². The first-order valence-electron chi connectivity index (χ1n) is 5.75. The van der Waals surface area contributed by atoms with E-state index in [2.05, 4.69) is 41.2 Å². The van der Waals surface area contributed by atoms with Gasteiger partial charge in [0.25, 0.3) is 0 Å². The fraction of sp³-hybridized carbons (Fsp3) is 0.286. The molecule has 0 saturated heterocycles. The molecule has 84 valence electrons. The number of hydrogen-bond acceptors (Lipinski definition) is 2. The van der Waals surface area contributed by atoms with Crippen LogP contribution < -0.4 is 0 Å². The second kappa shape index (κ2) is 6.72. The molecule has 1 heterocycles. The van der Waals surface area contributed by atoms with E-state index in [1.54, 1.807) is 18.6 Å². The third kappa shape index (κ3) is 3.16. The molecule has 0 aliphatic carbocycles. The third-order valence-corrected chi connectivity index (χ3v) is 2.22. The molecular formula is C14H18N2. The average molecular weight is 214 g/mol. The smallest absolute Gasteiger partial charge is 0.0885 e. The Morgan fingerprint density at radius 2 is 1.69 bits per heavy atom. The van der Waals surface area contributed by atoms with Crippen LogP contribution in [0.15, 0.2) is 42.9 Å². The molecule has 16 heavy (non-hydrogen) atoms. The van der Waals surface area contributed by atoms with Crippen molar-refractivity contribution in [1.29, 1.82) is 0 Å². The first-order valence-corrected chi connectivity index (χ1v) is 5.75. The van der Waals surface area contributed by atoms with E-state index in [0.717, 1.165) is 17.7 Å². The second-order valence-corrected chi connectivity index (χ2v) is 3.14. The maximum atomic E-state index is 4.24. The van der Waals surface area contributed by atoms with E-state index in [1.165, 1.54) is 5.56 Å². The minimum atomic E-state index is 0.926. The Bertz CT molecular complexity index is 393. The molecule has 0 spiro atoms. The van der Waals surface area contributed by atoms with Crippen molar-refractivity contribution in [3.05, 3.63) is 48.4 Å². The van der Waals surface area contributed by atoms with Crippen molar-refractivity contribution in [3.63, 3.8) is 0 Å². The summed E-state index contributed by atoms with van der Waals surface area (Å²) in [6, 6.07) is 8.43. The minimum Gasteiger partial charge on any atom is -0.261 e. The summed E-state index contributed by atoms with van der Waals surface area (Å²) in [7, 11) is 0. The van der Waals surface area contributed by atoms with Gasteiger partial charge in [-0.3, -0.25) is 9.97 Å². The Balaban J connectivity index is 0.000000606. The molecule has 0 saturated carbocycles. The summed E-state index contributed by atoms with van der Waals surface area (Å²) in [6.45, 7) is 6.15. The highest BCUT2D eigenvalue weighted by Gasteiger charge is 1.97. The van der Waals surface area contributed by atoms with Crippen molar-refractivity contribution in [2.75, 3.05) is 0 Å². The first kappa shape index (κ1) is 12.4. The van der Waals surface area contributed by atoms with Crippen LogP contribution in [0.25, 0.3) is 11.3 Å². The first-order chi connectivity index (χ1) is 7.90. The van der Waals surface area contributed by atoms with E-state index in [1.807, 2.05) is 13.8 Å². The van der Waals surface area contributed by atoms with Gasteiger partial charge in [0.2, 0.25) is 0 Å². The van der Waals surface area contributed by atoms with Gasteiger partial charge in [-0.05, 0) is 12.0 Å². The van der Waals surface area contributed by atoms with E-state index in [-0.39, 0.29) is 0 Å². The minimum absolute atomic E-state index is 0.926. The lowest BCUT2D eigenvalue weighted by Crippen LogP contribution is -1.85. The predicted octanol–water partition coefficient (Wildman–Crippen LogP) is 3.73. The molecule has 0 atom stereocenters. The molecule has 1 aromatic carbocycles. The van der Waals surface area contributed by atoms with E-state index < -0.39 is 0 Å². The number of benzene rings is 1. The maximum absolute atomic E-state index is 4.24. The molecule has 0 fully saturated rings. The molecule has 0 bridgehead atoms. The molecule has 0 aliphatic heterocycles. The van der Waals surface area contributed by atoms with E-state index in [4.69, 9.17) is 0 Å². The van der Waals surface area contributed by atoms with Gasteiger partial charge >= 0.3 is 0 Å². The summed E-state index contributed by atoms with van der Waals surface area (Å²) in [5.41, 5.74) is 3.39. The van der Waals surface area contributed by atoms with Crippen LogP contribution in [0.5, 0.6) is 0 Å². The number of hydrogen-bond donors (Lipinski definition) is 0. The van der Waals surface area contributed by atoms with Crippen LogP contribution in [-0.4, -0.2) is 9.97 Å². The molecular weight excluding hydrogens is 196 g/mol. The molecule has 0 N–H and O–H groups in total. The van der Waals surface area contributed by atoms with Crippen molar-refractivity contribution >= 4 is 0 Å². The average Bonchev–Trinajstić information content (AvgIpc) is 2.42. The number of aryl methyl sites for hydroxylation is 1.